The van der Waals surface area contributed by atoms with Gasteiger partial charge < -0.3 is 9.47 Å². The highest BCUT2D eigenvalue weighted by atomic mass is 35.5. The summed E-state index contributed by atoms with van der Waals surface area (Å²) >= 11 is 5.77. The van der Waals surface area contributed by atoms with Gasteiger partial charge in [-0.3, -0.25) is 5.32 Å². The molecule has 0 bridgehead atoms. The minimum Gasteiger partial charge on any atom is -0.481 e. The first kappa shape index (κ1) is 21.4. The van der Waals surface area contributed by atoms with Crippen molar-refractivity contribution in [2.75, 3.05) is 12.4 Å². The van der Waals surface area contributed by atoms with Crippen molar-refractivity contribution < 1.29 is 27.5 Å². The Morgan fingerprint density at radius 3 is 2.50 bits per heavy atom. The second kappa shape index (κ2) is 8.85. The standard InChI is InChI=1S/C16H17ClN4O6S/c1-9(2)27-14(22)10-6-4-5-7-11(10)28(24,25)21-16(23)20-15-18-12(17)8-13(19-15)26-3/h4-9H,1-3H3,(H2,18,19,20,21,23). The van der Waals surface area contributed by atoms with Crippen LogP contribution in [-0.2, 0) is 14.8 Å². The topological polar surface area (TPSA) is 137 Å². The quantitative estimate of drug-likeness (QED) is 0.527. The van der Waals surface area contributed by atoms with E-state index < -0.39 is 33.0 Å². The van der Waals surface area contributed by atoms with E-state index in [0.29, 0.717) is 0 Å². The lowest BCUT2D eigenvalue weighted by molar-refractivity contribution is 0.0373. The highest BCUT2D eigenvalue weighted by Crippen LogP contribution is 2.18. The normalized spacial score (nSPS) is 11.0. The first-order valence-electron chi connectivity index (χ1n) is 7.84. The Morgan fingerprint density at radius 1 is 1.18 bits per heavy atom. The van der Waals surface area contributed by atoms with Crippen LogP contribution < -0.4 is 14.8 Å². The Balaban J connectivity index is 2.23. The van der Waals surface area contributed by atoms with Crippen LogP contribution in [0.1, 0.15) is 24.2 Å². The van der Waals surface area contributed by atoms with Crippen molar-refractivity contribution in [3.05, 3.63) is 41.0 Å². The Bertz CT molecular complexity index is 996. The molecular formula is C16H17ClN4O6S. The maximum Gasteiger partial charge on any atom is 0.339 e. The van der Waals surface area contributed by atoms with Crippen LogP contribution in [0.3, 0.4) is 0 Å². The van der Waals surface area contributed by atoms with E-state index in [0.717, 1.165) is 0 Å². The largest absolute Gasteiger partial charge is 0.481 e. The third kappa shape index (κ3) is 5.54. The molecule has 1 heterocycles. The van der Waals surface area contributed by atoms with Crippen LogP contribution >= 0.6 is 11.6 Å². The minimum absolute atomic E-state index is 0.0215. The lowest BCUT2D eigenvalue weighted by Crippen LogP contribution is -2.35. The zero-order valence-electron chi connectivity index (χ0n) is 15.1. The molecule has 1 aromatic carbocycles. The van der Waals surface area contributed by atoms with E-state index in [1.807, 2.05) is 0 Å². The summed E-state index contributed by atoms with van der Waals surface area (Å²) in [5.41, 5.74) is -0.211. The number of halogens is 1. The lowest BCUT2D eigenvalue weighted by Gasteiger charge is -2.13. The summed E-state index contributed by atoms with van der Waals surface area (Å²) in [7, 11) is -3.07. The van der Waals surface area contributed by atoms with E-state index in [1.165, 1.54) is 37.4 Å². The fraction of sp³-hybridized carbons (Fsp3) is 0.250. The smallest absolute Gasteiger partial charge is 0.339 e. The molecule has 2 amide bonds. The van der Waals surface area contributed by atoms with Gasteiger partial charge in [-0.15, -0.1) is 0 Å². The van der Waals surface area contributed by atoms with Crippen molar-refractivity contribution in [3.63, 3.8) is 0 Å². The number of aromatic nitrogens is 2. The summed E-state index contributed by atoms with van der Waals surface area (Å²) in [5, 5.41) is 2.11. The average Bonchev–Trinajstić information content (AvgIpc) is 2.60. The van der Waals surface area contributed by atoms with Crippen LogP contribution in [-0.4, -0.2) is 43.6 Å². The summed E-state index contributed by atoms with van der Waals surface area (Å²) in [6, 6.07) is 5.48. The maximum absolute atomic E-state index is 12.6. The zero-order valence-corrected chi connectivity index (χ0v) is 16.7. The molecule has 12 heteroatoms. The van der Waals surface area contributed by atoms with Gasteiger partial charge in [-0.05, 0) is 26.0 Å². The third-order valence-corrected chi connectivity index (χ3v) is 4.65. The molecule has 150 valence electrons. The number of hydrogen-bond donors (Lipinski definition) is 2. The predicted molar refractivity (Wildman–Crippen MR) is 99.9 cm³/mol. The van der Waals surface area contributed by atoms with Crippen LogP contribution in [0.2, 0.25) is 5.15 Å². The number of nitrogens with one attached hydrogen (secondary N) is 2. The fourth-order valence-corrected chi connectivity index (χ4v) is 3.29. The van der Waals surface area contributed by atoms with E-state index in [1.54, 1.807) is 18.6 Å². The lowest BCUT2D eigenvalue weighted by atomic mass is 10.2. The Morgan fingerprint density at radius 2 is 1.86 bits per heavy atom. The Labute approximate surface area is 166 Å². The van der Waals surface area contributed by atoms with Crippen molar-refractivity contribution in [3.8, 4) is 5.88 Å². The predicted octanol–water partition coefficient (Wildman–Crippen LogP) is 2.21. The molecule has 0 atom stereocenters. The average molecular weight is 429 g/mol. The number of sulfonamides is 1. The molecule has 0 aliphatic rings. The van der Waals surface area contributed by atoms with E-state index in [4.69, 9.17) is 21.1 Å². The molecule has 2 rings (SSSR count). The van der Waals surface area contributed by atoms with Gasteiger partial charge in [-0.2, -0.15) is 4.98 Å². The second-order valence-electron chi connectivity index (χ2n) is 5.57. The molecule has 0 aliphatic carbocycles. The summed E-state index contributed by atoms with van der Waals surface area (Å²) in [5.74, 6) is -1.04. The number of nitrogens with zero attached hydrogens (tertiary/aromatic N) is 2. The Hall–Kier alpha value is -2.92. The van der Waals surface area contributed by atoms with Gasteiger partial charge in [-0.1, -0.05) is 23.7 Å². The number of anilines is 1. The van der Waals surface area contributed by atoms with E-state index in [9.17, 15) is 18.0 Å². The van der Waals surface area contributed by atoms with Crippen LogP contribution in [0.5, 0.6) is 5.88 Å². The van der Waals surface area contributed by atoms with Crippen LogP contribution in [0.4, 0.5) is 10.7 Å². The number of methoxy groups -OCH3 is 1. The third-order valence-electron chi connectivity index (χ3n) is 3.07. The van der Waals surface area contributed by atoms with E-state index in [2.05, 4.69) is 15.3 Å². The molecule has 0 radical (unpaired) electrons. The summed E-state index contributed by atoms with van der Waals surface area (Å²) < 4.78 is 36.8. The summed E-state index contributed by atoms with van der Waals surface area (Å²) in [6.07, 6.45) is -0.450. The number of urea groups is 1. The molecule has 2 aromatic rings. The maximum atomic E-state index is 12.6. The number of hydrogen-bond acceptors (Lipinski definition) is 8. The fourth-order valence-electron chi connectivity index (χ4n) is 2.01. The summed E-state index contributed by atoms with van der Waals surface area (Å²) in [6.45, 7) is 3.25. The van der Waals surface area contributed by atoms with Gasteiger partial charge in [0.2, 0.25) is 11.8 Å². The monoisotopic (exact) mass is 428 g/mol. The van der Waals surface area contributed by atoms with Gasteiger partial charge in [0.25, 0.3) is 10.0 Å². The highest BCUT2D eigenvalue weighted by Gasteiger charge is 2.25. The molecule has 0 unspecified atom stereocenters. The first-order chi connectivity index (χ1) is 13.1. The number of ether oxygens (including phenoxy) is 2. The van der Waals surface area contributed by atoms with Gasteiger partial charge in [0.15, 0.2) is 0 Å². The number of carbonyl (C=O) groups excluding carboxylic acids is 2. The van der Waals surface area contributed by atoms with E-state index in [-0.39, 0.29) is 22.5 Å². The van der Waals surface area contributed by atoms with Gasteiger partial charge >= 0.3 is 12.0 Å². The minimum atomic E-state index is -4.40. The van der Waals surface area contributed by atoms with Crippen LogP contribution in [0, 0.1) is 0 Å². The van der Waals surface area contributed by atoms with Gasteiger partial charge in [0.05, 0.1) is 18.8 Å². The van der Waals surface area contributed by atoms with Crippen molar-refractivity contribution in [1.82, 2.24) is 14.7 Å². The van der Waals surface area contributed by atoms with Crippen molar-refractivity contribution in [2.24, 2.45) is 0 Å². The van der Waals surface area contributed by atoms with Gasteiger partial charge in [0, 0.05) is 6.07 Å². The molecular weight excluding hydrogens is 412 g/mol. The molecule has 28 heavy (non-hydrogen) atoms. The molecule has 2 N–H and O–H groups in total. The first-order valence-corrected chi connectivity index (χ1v) is 9.71. The molecule has 0 saturated carbocycles. The number of benzene rings is 1. The SMILES string of the molecule is COc1cc(Cl)nc(NC(=O)NS(=O)(=O)c2ccccc2C(=O)OC(C)C)n1. The number of carbonyl (C=O) groups is 2. The molecule has 0 spiro atoms. The van der Waals surface area contributed by atoms with Crippen molar-refractivity contribution >= 4 is 39.6 Å². The molecule has 10 nitrogen and oxygen atoms in total. The molecule has 1 aromatic heterocycles. The highest BCUT2D eigenvalue weighted by molar-refractivity contribution is 7.90. The number of rotatable bonds is 6. The van der Waals surface area contributed by atoms with Gasteiger partial charge in [0.1, 0.15) is 10.0 Å². The van der Waals surface area contributed by atoms with Gasteiger partial charge in [-0.25, -0.2) is 27.7 Å². The molecule has 0 fully saturated rings. The molecule has 0 aliphatic heterocycles. The van der Waals surface area contributed by atoms with Crippen molar-refractivity contribution in [1.29, 1.82) is 0 Å². The second-order valence-corrected chi connectivity index (χ2v) is 7.60. The number of esters is 1. The zero-order chi connectivity index (χ0) is 20.9. The van der Waals surface area contributed by atoms with Crippen LogP contribution in [0.25, 0.3) is 0 Å². The molecule has 0 saturated heterocycles. The number of amides is 2. The van der Waals surface area contributed by atoms with E-state index >= 15 is 0 Å². The van der Waals surface area contributed by atoms with Crippen molar-refractivity contribution in [2.45, 2.75) is 24.8 Å². The summed E-state index contributed by atoms with van der Waals surface area (Å²) in [4.78, 5) is 31.4. The Kier molecular flexibility index (Phi) is 6.75. The van der Waals surface area contributed by atoms with Crippen LogP contribution in [0.15, 0.2) is 35.2 Å².